The van der Waals surface area contributed by atoms with Crippen LogP contribution >= 0.6 is 11.3 Å². The first-order valence-corrected chi connectivity index (χ1v) is 9.96. The van der Waals surface area contributed by atoms with Crippen LogP contribution in [-0.4, -0.2) is 32.6 Å². The minimum Gasteiger partial charge on any atom is -0.493 e. The second kappa shape index (κ2) is 7.81. The van der Waals surface area contributed by atoms with E-state index in [-0.39, 0.29) is 11.4 Å². The fraction of sp³-hybridized carbons (Fsp3) is 0.176. The SMILES string of the molecule is COc1ccc(S(=O)(=O)NCc2csc(-c3ccncc3)n2)cc1OC. The number of pyridine rings is 1. The predicted octanol–water partition coefficient (Wildman–Crippen LogP) is 2.70. The van der Waals surface area contributed by atoms with Crippen molar-refractivity contribution in [3.63, 3.8) is 0 Å². The van der Waals surface area contributed by atoms with Crippen LogP contribution < -0.4 is 14.2 Å². The molecule has 3 aromatic rings. The van der Waals surface area contributed by atoms with Gasteiger partial charge in [-0.05, 0) is 24.3 Å². The van der Waals surface area contributed by atoms with Crippen LogP contribution in [0.25, 0.3) is 10.6 Å². The normalized spacial score (nSPS) is 11.3. The number of methoxy groups -OCH3 is 2. The number of thiazole rings is 1. The Hall–Kier alpha value is -2.49. The third-order valence-corrected chi connectivity index (χ3v) is 5.93. The summed E-state index contributed by atoms with van der Waals surface area (Å²) in [6.07, 6.45) is 3.38. The van der Waals surface area contributed by atoms with E-state index < -0.39 is 10.0 Å². The smallest absolute Gasteiger partial charge is 0.241 e. The standard InChI is InChI=1S/C17H17N3O4S2/c1-23-15-4-3-14(9-16(15)24-2)26(21,22)19-10-13-11-25-17(20-13)12-5-7-18-8-6-12/h3-9,11,19H,10H2,1-2H3. The maximum atomic E-state index is 12.5. The molecule has 2 aromatic heterocycles. The lowest BCUT2D eigenvalue weighted by atomic mass is 10.3. The Labute approximate surface area is 155 Å². The summed E-state index contributed by atoms with van der Waals surface area (Å²) in [7, 11) is -0.753. The third kappa shape index (κ3) is 4.01. The van der Waals surface area contributed by atoms with Crippen molar-refractivity contribution in [3.8, 4) is 22.1 Å². The molecule has 0 atom stereocenters. The van der Waals surface area contributed by atoms with Crippen LogP contribution in [0, 0.1) is 0 Å². The highest BCUT2D eigenvalue weighted by molar-refractivity contribution is 7.89. The van der Waals surface area contributed by atoms with Gasteiger partial charge in [0.15, 0.2) is 11.5 Å². The summed E-state index contributed by atoms with van der Waals surface area (Å²) in [6, 6.07) is 8.16. The molecule has 136 valence electrons. The molecule has 0 aliphatic rings. The molecule has 0 aliphatic carbocycles. The van der Waals surface area contributed by atoms with Gasteiger partial charge in [-0.3, -0.25) is 4.98 Å². The van der Waals surface area contributed by atoms with Gasteiger partial charge in [-0.15, -0.1) is 11.3 Å². The maximum absolute atomic E-state index is 12.5. The number of nitrogens with zero attached hydrogens (tertiary/aromatic N) is 2. The highest BCUT2D eigenvalue weighted by Crippen LogP contribution is 2.29. The summed E-state index contributed by atoms with van der Waals surface area (Å²) in [4.78, 5) is 8.53. The molecule has 1 aromatic carbocycles. The van der Waals surface area contributed by atoms with Gasteiger partial charge >= 0.3 is 0 Å². The molecule has 0 aliphatic heterocycles. The molecule has 0 bridgehead atoms. The molecule has 0 saturated heterocycles. The number of aromatic nitrogens is 2. The van der Waals surface area contributed by atoms with Crippen LogP contribution in [-0.2, 0) is 16.6 Å². The Morgan fingerprint density at radius 1 is 1.08 bits per heavy atom. The second-order valence-electron chi connectivity index (χ2n) is 5.22. The van der Waals surface area contributed by atoms with E-state index >= 15 is 0 Å². The summed E-state index contributed by atoms with van der Waals surface area (Å²) < 4.78 is 37.9. The van der Waals surface area contributed by atoms with Crippen molar-refractivity contribution in [2.45, 2.75) is 11.4 Å². The number of hydrogen-bond acceptors (Lipinski definition) is 7. The number of ether oxygens (including phenoxy) is 2. The van der Waals surface area contributed by atoms with Gasteiger partial charge in [0.25, 0.3) is 0 Å². The topological polar surface area (TPSA) is 90.4 Å². The highest BCUT2D eigenvalue weighted by Gasteiger charge is 2.17. The van der Waals surface area contributed by atoms with Crippen molar-refractivity contribution >= 4 is 21.4 Å². The molecule has 0 unspecified atom stereocenters. The van der Waals surface area contributed by atoms with E-state index in [0.29, 0.717) is 17.2 Å². The van der Waals surface area contributed by atoms with Gasteiger partial charge in [-0.1, -0.05) is 0 Å². The van der Waals surface area contributed by atoms with E-state index in [2.05, 4.69) is 14.7 Å². The van der Waals surface area contributed by atoms with Crippen LogP contribution in [0.3, 0.4) is 0 Å². The molecule has 0 fully saturated rings. The molecule has 1 N–H and O–H groups in total. The molecule has 3 rings (SSSR count). The molecular weight excluding hydrogens is 374 g/mol. The van der Waals surface area contributed by atoms with Crippen LogP contribution in [0.2, 0.25) is 0 Å². The fourth-order valence-electron chi connectivity index (χ4n) is 2.25. The van der Waals surface area contributed by atoms with Crippen molar-refractivity contribution in [2.75, 3.05) is 14.2 Å². The van der Waals surface area contributed by atoms with E-state index in [9.17, 15) is 8.42 Å². The average molecular weight is 391 g/mol. The Morgan fingerprint density at radius 3 is 2.50 bits per heavy atom. The van der Waals surface area contributed by atoms with Crippen molar-refractivity contribution < 1.29 is 17.9 Å². The van der Waals surface area contributed by atoms with E-state index in [1.165, 1.54) is 37.7 Å². The highest BCUT2D eigenvalue weighted by atomic mass is 32.2. The first-order chi connectivity index (χ1) is 12.5. The Bertz CT molecular complexity index is 988. The van der Waals surface area contributed by atoms with Crippen molar-refractivity contribution in [2.24, 2.45) is 0 Å². The molecule has 0 amide bonds. The quantitative estimate of drug-likeness (QED) is 0.666. The molecule has 0 saturated carbocycles. The van der Waals surface area contributed by atoms with Crippen molar-refractivity contribution in [1.29, 1.82) is 0 Å². The lowest BCUT2D eigenvalue weighted by molar-refractivity contribution is 0.354. The zero-order valence-electron chi connectivity index (χ0n) is 14.2. The van der Waals surface area contributed by atoms with Gasteiger partial charge in [0, 0.05) is 29.4 Å². The summed E-state index contributed by atoms with van der Waals surface area (Å²) >= 11 is 1.45. The Balaban J connectivity index is 1.74. The van der Waals surface area contributed by atoms with Gasteiger partial charge in [0.05, 0.1) is 31.4 Å². The summed E-state index contributed by atoms with van der Waals surface area (Å²) in [5.41, 5.74) is 1.59. The Morgan fingerprint density at radius 2 is 1.81 bits per heavy atom. The predicted molar refractivity (Wildman–Crippen MR) is 98.9 cm³/mol. The molecular formula is C17H17N3O4S2. The number of nitrogens with one attached hydrogen (secondary N) is 1. The summed E-state index contributed by atoms with van der Waals surface area (Å²) in [6.45, 7) is 0.0955. The number of sulfonamides is 1. The summed E-state index contributed by atoms with van der Waals surface area (Å²) in [5.74, 6) is 0.817. The zero-order valence-corrected chi connectivity index (χ0v) is 15.8. The number of hydrogen-bond donors (Lipinski definition) is 1. The average Bonchev–Trinajstić information content (AvgIpc) is 3.15. The van der Waals surface area contributed by atoms with Crippen LogP contribution in [0.5, 0.6) is 11.5 Å². The van der Waals surface area contributed by atoms with Gasteiger partial charge in [-0.2, -0.15) is 0 Å². The van der Waals surface area contributed by atoms with Crippen molar-refractivity contribution in [1.82, 2.24) is 14.7 Å². The fourth-order valence-corrected chi connectivity index (χ4v) is 4.09. The van der Waals surface area contributed by atoms with Gasteiger partial charge in [0.1, 0.15) is 5.01 Å². The van der Waals surface area contributed by atoms with Crippen LogP contribution in [0.15, 0.2) is 53.0 Å². The molecule has 26 heavy (non-hydrogen) atoms. The van der Waals surface area contributed by atoms with E-state index in [1.807, 2.05) is 17.5 Å². The lowest BCUT2D eigenvalue weighted by Gasteiger charge is -2.10. The van der Waals surface area contributed by atoms with Crippen LogP contribution in [0.1, 0.15) is 5.69 Å². The van der Waals surface area contributed by atoms with E-state index in [4.69, 9.17) is 9.47 Å². The monoisotopic (exact) mass is 391 g/mol. The van der Waals surface area contributed by atoms with E-state index in [1.54, 1.807) is 18.5 Å². The van der Waals surface area contributed by atoms with Gasteiger partial charge < -0.3 is 9.47 Å². The number of benzene rings is 1. The first-order valence-electron chi connectivity index (χ1n) is 7.60. The molecule has 9 heteroatoms. The van der Waals surface area contributed by atoms with Crippen LogP contribution in [0.4, 0.5) is 0 Å². The minimum atomic E-state index is -3.70. The molecule has 0 radical (unpaired) electrons. The third-order valence-electron chi connectivity index (χ3n) is 3.59. The summed E-state index contributed by atoms with van der Waals surface area (Å²) in [5, 5.41) is 2.64. The molecule has 2 heterocycles. The second-order valence-corrected chi connectivity index (χ2v) is 7.85. The van der Waals surface area contributed by atoms with E-state index in [0.717, 1.165) is 10.6 Å². The molecule has 0 spiro atoms. The lowest BCUT2D eigenvalue weighted by Crippen LogP contribution is -2.23. The minimum absolute atomic E-state index is 0.0955. The molecule has 7 nitrogen and oxygen atoms in total. The van der Waals surface area contributed by atoms with Gasteiger partial charge in [0.2, 0.25) is 10.0 Å². The number of rotatable bonds is 7. The van der Waals surface area contributed by atoms with Gasteiger partial charge in [-0.25, -0.2) is 18.1 Å². The Kier molecular flexibility index (Phi) is 5.50. The zero-order chi connectivity index (χ0) is 18.6. The van der Waals surface area contributed by atoms with Crippen molar-refractivity contribution in [3.05, 3.63) is 53.8 Å². The largest absolute Gasteiger partial charge is 0.493 e. The first kappa shape index (κ1) is 18.3. The maximum Gasteiger partial charge on any atom is 0.241 e.